The Morgan fingerprint density at radius 2 is 1.94 bits per heavy atom. The highest BCUT2D eigenvalue weighted by Crippen LogP contribution is 2.24. The van der Waals surface area contributed by atoms with E-state index >= 15 is 0 Å². The van der Waals surface area contributed by atoms with Crippen molar-refractivity contribution in [1.82, 2.24) is 10.1 Å². The molecule has 2 rings (SSSR count). The number of aromatic nitrogens is 2. The van der Waals surface area contributed by atoms with E-state index in [1.54, 1.807) is 12.1 Å². The lowest BCUT2D eigenvalue weighted by Gasteiger charge is -2.13. The van der Waals surface area contributed by atoms with Crippen LogP contribution in [0.15, 0.2) is 28.8 Å². The first kappa shape index (κ1) is 12.7. The van der Waals surface area contributed by atoms with E-state index in [0.29, 0.717) is 24.2 Å². The first-order valence-corrected chi connectivity index (χ1v) is 5.91. The molecule has 1 unspecified atom stereocenters. The molecule has 5 heteroatoms. The van der Waals surface area contributed by atoms with Gasteiger partial charge < -0.3 is 10.3 Å². The third kappa shape index (κ3) is 2.56. The Labute approximate surface area is 105 Å². The van der Waals surface area contributed by atoms with E-state index in [0.717, 1.165) is 5.56 Å². The lowest BCUT2D eigenvalue weighted by atomic mass is 9.96. The van der Waals surface area contributed by atoms with Crippen molar-refractivity contribution in [2.45, 2.75) is 19.8 Å². The van der Waals surface area contributed by atoms with E-state index in [4.69, 9.17) is 10.3 Å². The second-order valence-corrected chi connectivity index (χ2v) is 4.55. The molecule has 1 atom stereocenters. The molecule has 0 aliphatic carbocycles. The van der Waals surface area contributed by atoms with E-state index in [9.17, 15) is 4.39 Å². The first-order chi connectivity index (χ1) is 8.61. The molecule has 2 N–H and O–H groups in total. The van der Waals surface area contributed by atoms with Crippen LogP contribution in [0.2, 0.25) is 0 Å². The van der Waals surface area contributed by atoms with Gasteiger partial charge in [0.2, 0.25) is 11.7 Å². The highest BCUT2D eigenvalue weighted by molar-refractivity contribution is 5.53. The molecular weight excluding hydrogens is 233 g/mol. The van der Waals surface area contributed by atoms with Gasteiger partial charge in [0.1, 0.15) is 5.82 Å². The molecule has 1 heterocycles. The fourth-order valence-corrected chi connectivity index (χ4v) is 1.76. The highest BCUT2D eigenvalue weighted by Gasteiger charge is 2.21. The predicted octanol–water partition coefficient (Wildman–Crippen LogP) is 2.57. The molecule has 4 nitrogen and oxygen atoms in total. The Bertz CT molecular complexity index is 507. The summed E-state index contributed by atoms with van der Waals surface area (Å²) in [7, 11) is 0. The van der Waals surface area contributed by atoms with Crippen molar-refractivity contribution in [3.63, 3.8) is 0 Å². The summed E-state index contributed by atoms with van der Waals surface area (Å²) >= 11 is 0. The minimum atomic E-state index is -0.288. The van der Waals surface area contributed by atoms with Crippen LogP contribution in [0.1, 0.15) is 25.7 Å². The first-order valence-electron chi connectivity index (χ1n) is 5.91. The fraction of sp³-hybridized carbons (Fsp3) is 0.385. The molecule has 0 spiro atoms. The van der Waals surface area contributed by atoms with E-state index in [2.05, 4.69) is 24.0 Å². The van der Waals surface area contributed by atoms with Gasteiger partial charge in [-0.25, -0.2) is 4.39 Å². The molecule has 1 aromatic carbocycles. The lowest BCUT2D eigenvalue weighted by Crippen LogP contribution is -2.18. The zero-order chi connectivity index (χ0) is 13.1. The molecule has 0 bridgehead atoms. The van der Waals surface area contributed by atoms with Crippen molar-refractivity contribution in [2.75, 3.05) is 6.54 Å². The Hall–Kier alpha value is -1.75. The number of halogens is 1. The van der Waals surface area contributed by atoms with E-state index in [1.165, 1.54) is 12.1 Å². The van der Waals surface area contributed by atoms with Crippen LogP contribution in [0, 0.1) is 11.7 Å². The molecule has 0 saturated carbocycles. The van der Waals surface area contributed by atoms with Gasteiger partial charge >= 0.3 is 0 Å². The number of rotatable bonds is 4. The number of hydrogen-bond acceptors (Lipinski definition) is 4. The van der Waals surface area contributed by atoms with Crippen molar-refractivity contribution in [3.05, 3.63) is 36.0 Å². The summed E-state index contributed by atoms with van der Waals surface area (Å²) in [6.45, 7) is 4.57. The fourth-order valence-electron chi connectivity index (χ4n) is 1.76. The summed E-state index contributed by atoms with van der Waals surface area (Å²) in [5.74, 6) is 1.09. The highest BCUT2D eigenvalue weighted by atomic mass is 19.1. The van der Waals surface area contributed by atoms with E-state index in [-0.39, 0.29) is 11.7 Å². The van der Waals surface area contributed by atoms with Crippen LogP contribution >= 0.6 is 0 Å². The van der Waals surface area contributed by atoms with Gasteiger partial charge in [-0.05, 0) is 30.2 Å². The topological polar surface area (TPSA) is 64.9 Å². The molecular formula is C13H16FN3O. The van der Waals surface area contributed by atoms with Crippen molar-refractivity contribution >= 4 is 0 Å². The maximum atomic E-state index is 12.8. The SMILES string of the molecule is CC(C)C(CN)c1nc(-c2ccc(F)cc2)no1. The van der Waals surface area contributed by atoms with Crippen LogP contribution in [-0.2, 0) is 0 Å². The van der Waals surface area contributed by atoms with Crippen molar-refractivity contribution in [2.24, 2.45) is 11.7 Å². The predicted molar refractivity (Wildman–Crippen MR) is 66.3 cm³/mol. The van der Waals surface area contributed by atoms with Crippen LogP contribution < -0.4 is 5.73 Å². The third-order valence-electron chi connectivity index (χ3n) is 2.92. The van der Waals surface area contributed by atoms with Gasteiger partial charge in [-0.1, -0.05) is 19.0 Å². The van der Waals surface area contributed by atoms with Gasteiger partial charge in [-0.2, -0.15) is 4.98 Å². The standard InChI is InChI=1S/C13H16FN3O/c1-8(2)11(7-15)13-16-12(17-18-13)9-3-5-10(14)6-4-9/h3-6,8,11H,7,15H2,1-2H3. The summed E-state index contributed by atoms with van der Waals surface area (Å²) < 4.78 is 18.0. The zero-order valence-corrected chi connectivity index (χ0v) is 10.4. The van der Waals surface area contributed by atoms with Crippen molar-refractivity contribution in [3.8, 4) is 11.4 Å². The van der Waals surface area contributed by atoms with Crippen LogP contribution in [-0.4, -0.2) is 16.7 Å². The maximum absolute atomic E-state index is 12.8. The molecule has 0 amide bonds. The minimum absolute atomic E-state index is 0.0479. The van der Waals surface area contributed by atoms with Gasteiger partial charge in [0, 0.05) is 12.1 Å². The molecule has 0 fully saturated rings. The summed E-state index contributed by atoms with van der Waals surface area (Å²) in [4.78, 5) is 4.32. The molecule has 0 aliphatic rings. The Morgan fingerprint density at radius 1 is 1.28 bits per heavy atom. The summed E-state index contributed by atoms with van der Waals surface area (Å²) in [5.41, 5.74) is 6.42. The third-order valence-corrected chi connectivity index (χ3v) is 2.92. The number of benzene rings is 1. The monoisotopic (exact) mass is 249 g/mol. The molecule has 1 aromatic heterocycles. The van der Waals surface area contributed by atoms with Gasteiger partial charge in [0.25, 0.3) is 0 Å². The summed E-state index contributed by atoms with van der Waals surface area (Å²) in [5, 5.41) is 3.90. The molecule has 0 radical (unpaired) electrons. The smallest absolute Gasteiger partial charge is 0.231 e. The number of nitrogens with zero attached hydrogens (tertiary/aromatic N) is 2. The molecule has 0 aliphatic heterocycles. The van der Waals surface area contributed by atoms with Crippen LogP contribution in [0.4, 0.5) is 4.39 Å². The maximum Gasteiger partial charge on any atom is 0.231 e. The average Bonchev–Trinajstić information content (AvgIpc) is 2.80. The average molecular weight is 249 g/mol. The summed E-state index contributed by atoms with van der Waals surface area (Å²) in [6, 6.07) is 5.98. The van der Waals surface area contributed by atoms with Crippen molar-refractivity contribution in [1.29, 1.82) is 0 Å². The van der Waals surface area contributed by atoms with Crippen LogP contribution in [0.3, 0.4) is 0 Å². The minimum Gasteiger partial charge on any atom is -0.339 e. The largest absolute Gasteiger partial charge is 0.339 e. The van der Waals surface area contributed by atoms with Gasteiger partial charge in [0.05, 0.1) is 5.92 Å². The van der Waals surface area contributed by atoms with Gasteiger partial charge in [-0.15, -0.1) is 0 Å². The second kappa shape index (κ2) is 5.27. The summed E-state index contributed by atoms with van der Waals surface area (Å²) in [6.07, 6.45) is 0. The molecule has 0 saturated heterocycles. The molecule has 2 aromatic rings. The molecule has 96 valence electrons. The Morgan fingerprint density at radius 3 is 2.50 bits per heavy atom. The van der Waals surface area contributed by atoms with Crippen LogP contribution in [0.25, 0.3) is 11.4 Å². The number of hydrogen-bond donors (Lipinski definition) is 1. The van der Waals surface area contributed by atoms with E-state index < -0.39 is 0 Å². The Kier molecular flexibility index (Phi) is 3.72. The van der Waals surface area contributed by atoms with Crippen molar-refractivity contribution < 1.29 is 8.91 Å². The van der Waals surface area contributed by atoms with Gasteiger partial charge in [-0.3, -0.25) is 0 Å². The van der Waals surface area contributed by atoms with E-state index in [1.807, 2.05) is 0 Å². The lowest BCUT2D eigenvalue weighted by molar-refractivity contribution is 0.324. The normalized spacial score (nSPS) is 12.9. The van der Waals surface area contributed by atoms with Gasteiger partial charge in [0.15, 0.2) is 0 Å². The zero-order valence-electron chi connectivity index (χ0n) is 10.4. The molecule has 18 heavy (non-hydrogen) atoms. The van der Waals surface area contributed by atoms with Crippen LogP contribution in [0.5, 0.6) is 0 Å². The quantitative estimate of drug-likeness (QED) is 0.904. The number of nitrogens with two attached hydrogens (primary N) is 1. The Balaban J connectivity index is 2.27. The second-order valence-electron chi connectivity index (χ2n) is 4.55.